The van der Waals surface area contributed by atoms with E-state index in [4.69, 9.17) is 24.1 Å². The summed E-state index contributed by atoms with van der Waals surface area (Å²) >= 11 is 0. The Kier molecular flexibility index (Phi) is 13.4. The number of rotatable bonds is 14. The van der Waals surface area contributed by atoms with E-state index >= 15 is 0 Å². The first-order chi connectivity index (χ1) is 27.2. The average molecular weight is 754 g/mol. The maximum absolute atomic E-state index is 13.3. The minimum Gasteiger partial charge on any atom is -0.506 e. The molecule has 7 aromatic rings. The number of fused-ring (bicyclic) bond motifs is 2. The molecule has 0 radical (unpaired) electrons. The van der Waals surface area contributed by atoms with Crippen molar-refractivity contribution in [1.82, 2.24) is 14.9 Å². The molecule has 56 heavy (non-hydrogen) atoms. The maximum Gasteiger partial charge on any atom is 0.200 e. The third kappa shape index (κ3) is 10.8. The summed E-state index contributed by atoms with van der Waals surface area (Å²) in [6, 6.07) is 32.1. The van der Waals surface area contributed by atoms with Crippen molar-refractivity contribution in [3.05, 3.63) is 165 Å². The molecule has 0 saturated carbocycles. The fourth-order valence-electron chi connectivity index (χ4n) is 6.04. The van der Waals surface area contributed by atoms with Gasteiger partial charge in [-0.1, -0.05) is 48.5 Å². The van der Waals surface area contributed by atoms with Crippen LogP contribution in [0.25, 0.3) is 21.9 Å². The molecule has 0 unspecified atom stereocenters. The number of pyridine rings is 2. The molecule has 0 fully saturated rings. The number of nitrogens with zero attached hydrogens (tertiary/aromatic N) is 3. The van der Waals surface area contributed by atoms with Gasteiger partial charge < -0.3 is 34.1 Å². The lowest BCUT2D eigenvalue weighted by molar-refractivity contribution is 0.261. The smallest absolute Gasteiger partial charge is 0.200 e. The van der Waals surface area contributed by atoms with Gasteiger partial charge in [-0.2, -0.15) is 0 Å². The molecule has 10 nitrogen and oxygen atoms in total. The van der Waals surface area contributed by atoms with Gasteiger partial charge >= 0.3 is 0 Å². The van der Waals surface area contributed by atoms with Gasteiger partial charge in [-0.3, -0.25) is 14.8 Å². The third-order valence-electron chi connectivity index (χ3n) is 9.24. The molecule has 0 aliphatic rings. The van der Waals surface area contributed by atoms with Crippen LogP contribution in [0.1, 0.15) is 39.2 Å². The molecule has 0 atom stereocenters. The number of aromatic nitrogens is 2. The summed E-state index contributed by atoms with van der Waals surface area (Å²) in [5.41, 5.74) is 7.88. The predicted molar refractivity (Wildman–Crippen MR) is 219 cm³/mol. The Morgan fingerprint density at radius 2 is 1.25 bits per heavy atom. The summed E-state index contributed by atoms with van der Waals surface area (Å²) in [5, 5.41) is 28.2. The topological polar surface area (TPSA) is 138 Å². The van der Waals surface area contributed by atoms with Crippen LogP contribution in [0, 0.1) is 6.92 Å². The van der Waals surface area contributed by atoms with E-state index in [0.29, 0.717) is 45.8 Å². The van der Waals surface area contributed by atoms with E-state index in [2.05, 4.69) is 9.97 Å². The van der Waals surface area contributed by atoms with Crippen molar-refractivity contribution >= 4 is 21.9 Å². The molecule has 7 rings (SSSR count). The van der Waals surface area contributed by atoms with Gasteiger partial charge in [-0.25, -0.2) is 0 Å². The Morgan fingerprint density at radius 1 is 0.661 bits per heavy atom. The second kappa shape index (κ2) is 19.0. The molecular formula is C46H47N3O7. The van der Waals surface area contributed by atoms with E-state index in [-0.39, 0.29) is 24.4 Å². The van der Waals surface area contributed by atoms with Crippen LogP contribution < -0.4 is 14.9 Å². The van der Waals surface area contributed by atoms with Crippen molar-refractivity contribution in [3.8, 4) is 23.0 Å². The Labute approximate surface area is 326 Å². The molecule has 10 heteroatoms. The average Bonchev–Trinajstić information content (AvgIpc) is 3.21. The number of aliphatic hydroxyl groups excluding tert-OH is 2. The van der Waals surface area contributed by atoms with Gasteiger partial charge in [0.25, 0.3) is 0 Å². The number of aryl methyl sites for hydroxylation is 5. The molecule has 0 saturated heterocycles. The highest BCUT2D eigenvalue weighted by Crippen LogP contribution is 2.31. The normalized spacial score (nSPS) is 11.1. The van der Waals surface area contributed by atoms with Gasteiger partial charge in [0, 0.05) is 24.0 Å². The molecule has 3 N–H and O–H groups in total. The predicted octanol–water partition coefficient (Wildman–Crippen LogP) is 7.72. The van der Waals surface area contributed by atoms with E-state index in [0.717, 1.165) is 60.3 Å². The SMILES string of the molecule is Cc1cc(OCCN(C)C)c2oc3cc(Oc4ccc(CCc5ccc(CO)cc5)nc4)ccc3c(=O)c2c1.OCc1ccc(CCc2ccc(O)cn2)cc1. The third-order valence-corrected chi connectivity index (χ3v) is 9.24. The molecule has 0 bridgehead atoms. The number of hydrogen-bond acceptors (Lipinski definition) is 10. The molecule has 0 amide bonds. The number of hydrogen-bond donors (Lipinski definition) is 3. The molecule has 0 aliphatic heterocycles. The summed E-state index contributed by atoms with van der Waals surface area (Å²) in [6.07, 6.45) is 6.57. The summed E-state index contributed by atoms with van der Waals surface area (Å²) < 4.78 is 18.2. The van der Waals surface area contributed by atoms with E-state index in [1.807, 2.05) is 105 Å². The van der Waals surface area contributed by atoms with E-state index in [9.17, 15) is 9.90 Å². The van der Waals surface area contributed by atoms with Crippen LogP contribution in [0.5, 0.6) is 23.0 Å². The molecule has 0 aliphatic carbocycles. The van der Waals surface area contributed by atoms with Crippen molar-refractivity contribution in [2.45, 2.75) is 45.8 Å². The first-order valence-electron chi connectivity index (χ1n) is 18.6. The maximum atomic E-state index is 13.3. The van der Waals surface area contributed by atoms with Crippen molar-refractivity contribution in [2.75, 3.05) is 27.2 Å². The molecule has 0 spiro atoms. The monoisotopic (exact) mass is 753 g/mol. The van der Waals surface area contributed by atoms with Gasteiger partial charge in [-0.05, 0) is 123 Å². The van der Waals surface area contributed by atoms with Crippen LogP contribution in [0.15, 0.2) is 125 Å². The Balaban J connectivity index is 0.000000261. The van der Waals surface area contributed by atoms with E-state index in [1.165, 1.54) is 17.3 Å². The number of benzene rings is 4. The van der Waals surface area contributed by atoms with Gasteiger partial charge in [-0.15, -0.1) is 0 Å². The molecule has 288 valence electrons. The van der Waals surface area contributed by atoms with Crippen LogP contribution in [-0.4, -0.2) is 57.4 Å². The van der Waals surface area contributed by atoms with Gasteiger partial charge in [0.1, 0.15) is 29.4 Å². The quantitative estimate of drug-likeness (QED) is 0.0947. The highest BCUT2D eigenvalue weighted by Gasteiger charge is 2.15. The van der Waals surface area contributed by atoms with Crippen LogP contribution in [0.4, 0.5) is 0 Å². The van der Waals surface area contributed by atoms with E-state index < -0.39 is 0 Å². The zero-order chi connectivity index (χ0) is 39.4. The summed E-state index contributed by atoms with van der Waals surface area (Å²) in [5.74, 6) is 1.89. The molecule has 4 aromatic carbocycles. The van der Waals surface area contributed by atoms with Crippen LogP contribution in [0.3, 0.4) is 0 Å². The Morgan fingerprint density at radius 3 is 1.80 bits per heavy atom. The lowest BCUT2D eigenvalue weighted by atomic mass is 10.1. The first-order valence-corrected chi connectivity index (χ1v) is 18.6. The van der Waals surface area contributed by atoms with Gasteiger partial charge in [0.15, 0.2) is 11.3 Å². The minimum absolute atomic E-state index is 0.0510. The summed E-state index contributed by atoms with van der Waals surface area (Å²) in [4.78, 5) is 24.0. The number of ether oxygens (including phenoxy) is 2. The standard InChI is InChI=1S/C32H32N2O5.C14H15NO2/c1-21-16-28-31(36)27-13-12-25(18-29(27)39-32(28)30(17-21)37-15-14-34(2)3)38-26-11-10-24(33-19-26)9-8-22-4-6-23(20-35)7-5-22;16-10-12-3-1-11(2-4-12)5-6-13-7-8-14(17)9-15-13/h4-7,10-13,16-19,35H,8-9,14-15,20H2,1-3H3;1-4,7-9,16-17H,5-6,10H2. The lowest BCUT2D eigenvalue weighted by Gasteiger charge is -2.13. The second-order valence-electron chi connectivity index (χ2n) is 13.9. The van der Waals surface area contributed by atoms with Crippen molar-refractivity contribution in [3.63, 3.8) is 0 Å². The first kappa shape index (κ1) is 39.6. The zero-order valence-corrected chi connectivity index (χ0v) is 31.9. The highest BCUT2D eigenvalue weighted by molar-refractivity contribution is 5.93. The molecule has 3 heterocycles. The van der Waals surface area contributed by atoms with Crippen LogP contribution >= 0.6 is 0 Å². The summed E-state index contributed by atoms with van der Waals surface area (Å²) in [6.45, 7) is 3.30. The van der Waals surface area contributed by atoms with Crippen molar-refractivity contribution < 1.29 is 29.2 Å². The fourth-order valence-corrected chi connectivity index (χ4v) is 6.04. The van der Waals surface area contributed by atoms with E-state index in [1.54, 1.807) is 30.5 Å². The van der Waals surface area contributed by atoms with Crippen molar-refractivity contribution in [1.29, 1.82) is 0 Å². The number of aromatic hydroxyl groups is 1. The molecule has 3 aromatic heterocycles. The van der Waals surface area contributed by atoms with Crippen LogP contribution in [0.2, 0.25) is 0 Å². The largest absolute Gasteiger partial charge is 0.506 e. The Hall–Kier alpha value is -6.07. The van der Waals surface area contributed by atoms with Gasteiger partial charge in [0.05, 0.1) is 36.4 Å². The van der Waals surface area contributed by atoms with Crippen LogP contribution in [-0.2, 0) is 38.9 Å². The lowest BCUT2D eigenvalue weighted by Crippen LogP contribution is -2.19. The molecular weight excluding hydrogens is 707 g/mol. The fraction of sp³-hybridized carbons (Fsp3) is 0.239. The summed E-state index contributed by atoms with van der Waals surface area (Å²) in [7, 11) is 3.96. The number of aliphatic hydroxyl groups is 2. The Bertz CT molecular complexity index is 2390. The zero-order valence-electron chi connectivity index (χ0n) is 31.9. The second-order valence-corrected chi connectivity index (χ2v) is 13.9. The highest BCUT2D eigenvalue weighted by atomic mass is 16.5. The number of likely N-dealkylation sites (N-methyl/N-ethyl adjacent to an activating group) is 1. The van der Waals surface area contributed by atoms with Gasteiger partial charge in [0.2, 0.25) is 5.43 Å². The van der Waals surface area contributed by atoms with Crippen molar-refractivity contribution in [2.24, 2.45) is 0 Å². The minimum atomic E-state index is -0.101.